The number of aromatic hydroxyl groups is 1. The van der Waals surface area contributed by atoms with E-state index < -0.39 is 0 Å². The van der Waals surface area contributed by atoms with E-state index in [9.17, 15) is 9.90 Å². The number of fused-ring (bicyclic) bond motifs is 1. The Kier molecular flexibility index (Phi) is 4.03. The minimum atomic E-state index is -0.142. The lowest BCUT2D eigenvalue weighted by Crippen LogP contribution is -2.10. The molecule has 4 aromatic rings. The minimum absolute atomic E-state index is 0.142. The Balaban J connectivity index is 1.74. The molecule has 0 amide bonds. The zero-order chi connectivity index (χ0) is 17.4. The molecule has 0 aliphatic rings. The molecule has 0 radical (unpaired) electrons. The van der Waals surface area contributed by atoms with Crippen LogP contribution in [0, 0.1) is 0 Å². The maximum Gasteiger partial charge on any atom is 0.268 e. The molecule has 0 fully saturated rings. The zero-order valence-electron chi connectivity index (χ0n) is 13.0. The number of nitrogens with one attached hydrogen (secondary N) is 1. The predicted octanol–water partition coefficient (Wildman–Crippen LogP) is 4.60. The van der Waals surface area contributed by atoms with E-state index in [0.29, 0.717) is 27.5 Å². The third-order valence-corrected chi connectivity index (χ3v) is 5.26. The number of aromatic nitrogens is 2. The maximum atomic E-state index is 12.4. The Morgan fingerprint density at radius 3 is 2.68 bits per heavy atom. The van der Waals surface area contributed by atoms with Crippen LogP contribution in [0.4, 0.5) is 0 Å². The van der Waals surface area contributed by atoms with Crippen molar-refractivity contribution in [2.24, 2.45) is 0 Å². The van der Waals surface area contributed by atoms with Gasteiger partial charge in [0, 0.05) is 16.3 Å². The van der Waals surface area contributed by atoms with Crippen molar-refractivity contribution in [1.29, 1.82) is 0 Å². The molecule has 6 heteroatoms. The van der Waals surface area contributed by atoms with Gasteiger partial charge in [-0.25, -0.2) is 4.98 Å². The molecule has 4 rings (SSSR count). The summed E-state index contributed by atoms with van der Waals surface area (Å²) in [6, 6.07) is 16.3. The van der Waals surface area contributed by atoms with Crippen molar-refractivity contribution in [3.8, 4) is 16.2 Å². The number of halogens is 1. The first-order valence-corrected chi connectivity index (χ1v) is 8.84. The normalized spacial score (nSPS) is 11.1. The summed E-state index contributed by atoms with van der Waals surface area (Å²) in [4.78, 5) is 20.8. The van der Waals surface area contributed by atoms with Gasteiger partial charge in [-0.05, 0) is 41.5 Å². The van der Waals surface area contributed by atoms with Gasteiger partial charge in [0.25, 0.3) is 5.56 Å². The molecule has 0 spiro atoms. The molecule has 2 aromatic heterocycles. The average molecular weight is 369 g/mol. The van der Waals surface area contributed by atoms with Gasteiger partial charge in [-0.2, -0.15) is 0 Å². The van der Waals surface area contributed by atoms with Gasteiger partial charge in [-0.1, -0.05) is 35.9 Å². The number of phenolic OH excluding ortho intramolecular Hbond substituents is 1. The molecule has 25 heavy (non-hydrogen) atoms. The van der Waals surface area contributed by atoms with Crippen molar-refractivity contribution in [2.75, 3.05) is 0 Å². The summed E-state index contributed by atoms with van der Waals surface area (Å²) in [5.41, 5.74) is 2.47. The van der Waals surface area contributed by atoms with Crippen LogP contribution in [-0.4, -0.2) is 15.1 Å². The molecule has 0 saturated heterocycles. The second-order valence-corrected chi connectivity index (χ2v) is 7.18. The van der Waals surface area contributed by atoms with Crippen LogP contribution in [-0.2, 0) is 6.42 Å². The second-order valence-electron chi connectivity index (χ2n) is 5.69. The van der Waals surface area contributed by atoms with Crippen molar-refractivity contribution in [2.45, 2.75) is 6.42 Å². The van der Waals surface area contributed by atoms with Crippen molar-refractivity contribution in [3.63, 3.8) is 0 Å². The van der Waals surface area contributed by atoms with Crippen molar-refractivity contribution in [3.05, 3.63) is 81.4 Å². The van der Waals surface area contributed by atoms with Gasteiger partial charge in [-0.15, -0.1) is 11.3 Å². The number of hydrogen-bond donors (Lipinski definition) is 2. The van der Waals surface area contributed by atoms with Crippen molar-refractivity contribution < 1.29 is 5.11 Å². The van der Waals surface area contributed by atoms with Crippen molar-refractivity contribution >= 4 is 33.2 Å². The van der Waals surface area contributed by atoms with Crippen LogP contribution < -0.4 is 5.56 Å². The summed E-state index contributed by atoms with van der Waals surface area (Å²) in [6.07, 6.45) is 0.494. The summed E-state index contributed by atoms with van der Waals surface area (Å²) in [7, 11) is 0. The van der Waals surface area contributed by atoms with Gasteiger partial charge in [0.1, 0.15) is 16.3 Å². The number of nitrogens with zero attached hydrogens (tertiary/aromatic N) is 1. The summed E-state index contributed by atoms with van der Waals surface area (Å²) in [6.45, 7) is 0. The van der Waals surface area contributed by atoms with Gasteiger partial charge in [0.05, 0.1) is 5.52 Å². The third-order valence-electron chi connectivity index (χ3n) is 3.85. The quantitative estimate of drug-likeness (QED) is 0.555. The number of rotatable bonds is 3. The van der Waals surface area contributed by atoms with E-state index in [0.717, 1.165) is 16.0 Å². The Hall–Kier alpha value is -2.63. The third kappa shape index (κ3) is 3.29. The number of phenols is 1. The molecule has 0 unspecified atom stereocenters. The second kappa shape index (κ2) is 6.35. The highest BCUT2D eigenvalue weighted by atomic mass is 35.5. The molecular weight excluding hydrogens is 356 g/mol. The monoisotopic (exact) mass is 368 g/mol. The first-order chi connectivity index (χ1) is 12.1. The lowest BCUT2D eigenvalue weighted by atomic mass is 10.1. The summed E-state index contributed by atoms with van der Waals surface area (Å²) in [5, 5.41) is 10.0. The summed E-state index contributed by atoms with van der Waals surface area (Å²) in [5.74, 6) is 0.809. The molecule has 4 nitrogen and oxygen atoms in total. The Bertz CT molecular complexity index is 1120. The minimum Gasteiger partial charge on any atom is -0.508 e. The van der Waals surface area contributed by atoms with Crippen LogP contribution in [0.1, 0.15) is 11.4 Å². The molecule has 2 heterocycles. The Morgan fingerprint density at radius 1 is 1.12 bits per heavy atom. The SMILES string of the molecule is O=c1[nH]c(Cc2ccc(O)cc2)nc2cc(-c3cccc(Cl)c3)sc12. The van der Waals surface area contributed by atoms with Crippen LogP contribution in [0.3, 0.4) is 0 Å². The number of benzene rings is 2. The number of thiophene rings is 1. The van der Waals surface area contributed by atoms with Crippen LogP contribution in [0.2, 0.25) is 5.02 Å². The molecule has 0 atom stereocenters. The van der Waals surface area contributed by atoms with Crippen LogP contribution >= 0.6 is 22.9 Å². The fourth-order valence-electron chi connectivity index (χ4n) is 2.66. The van der Waals surface area contributed by atoms with Gasteiger partial charge in [0.15, 0.2) is 0 Å². The summed E-state index contributed by atoms with van der Waals surface area (Å²) < 4.78 is 0.601. The van der Waals surface area contributed by atoms with Crippen molar-refractivity contribution in [1.82, 2.24) is 9.97 Å². The average Bonchev–Trinajstić information content (AvgIpc) is 3.02. The molecule has 0 bridgehead atoms. The van der Waals surface area contributed by atoms with Gasteiger partial charge < -0.3 is 10.1 Å². The highest BCUT2D eigenvalue weighted by Crippen LogP contribution is 2.32. The smallest absolute Gasteiger partial charge is 0.268 e. The van der Waals surface area contributed by atoms with E-state index >= 15 is 0 Å². The fraction of sp³-hybridized carbons (Fsp3) is 0.0526. The van der Waals surface area contributed by atoms with Gasteiger partial charge >= 0.3 is 0 Å². The standard InChI is InChI=1S/C19H13ClN2O2S/c20-13-3-1-2-12(9-13)16-10-15-18(25-16)19(24)22-17(21-15)8-11-4-6-14(23)7-5-11/h1-7,9-10,23H,8H2,(H,21,22,24). The van der Waals surface area contributed by atoms with E-state index in [2.05, 4.69) is 9.97 Å². The van der Waals surface area contributed by atoms with Crippen LogP contribution in [0.15, 0.2) is 59.4 Å². The summed E-state index contributed by atoms with van der Waals surface area (Å²) >= 11 is 7.46. The largest absolute Gasteiger partial charge is 0.508 e. The highest BCUT2D eigenvalue weighted by molar-refractivity contribution is 7.22. The molecule has 0 aliphatic heterocycles. The zero-order valence-corrected chi connectivity index (χ0v) is 14.6. The molecule has 2 aromatic carbocycles. The first kappa shape index (κ1) is 15.9. The topological polar surface area (TPSA) is 66.0 Å². The Morgan fingerprint density at radius 2 is 1.92 bits per heavy atom. The van der Waals surface area contributed by atoms with Gasteiger partial charge in [-0.3, -0.25) is 4.79 Å². The van der Waals surface area contributed by atoms with Crippen LogP contribution in [0.25, 0.3) is 20.7 Å². The molecule has 124 valence electrons. The predicted molar refractivity (Wildman–Crippen MR) is 102 cm³/mol. The van der Waals surface area contributed by atoms with E-state index in [4.69, 9.17) is 11.6 Å². The molecule has 2 N–H and O–H groups in total. The molecular formula is C19H13ClN2O2S. The lowest BCUT2D eigenvalue weighted by Gasteiger charge is -2.01. The van der Waals surface area contributed by atoms with E-state index in [1.165, 1.54) is 11.3 Å². The van der Waals surface area contributed by atoms with Crippen LogP contribution in [0.5, 0.6) is 5.75 Å². The van der Waals surface area contributed by atoms with E-state index in [1.807, 2.05) is 42.5 Å². The lowest BCUT2D eigenvalue weighted by molar-refractivity contribution is 0.475. The fourth-order valence-corrected chi connectivity index (χ4v) is 3.84. The number of aromatic amines is 1. The van der Waals surface area contributed by atoms with Gasteiger partial charge in [0.2, 0.25) is 0 Å². The number of H-pyrrole nitrogens is 1. The number of hydrogen-bond acceptors (Lipinski definition) is 4. The Labute approximate surface area is 152 Å². The first-order valence-electron chi connectivity index (χ1n) is 7.65. The highest BCUT2D eigenvalue weighted by Gasteiger charge is 2.11. The maximum absolute atomic E-state index is 12.4. The van der Waals surface area contributed by atoms with E-state index in [-0.39, 0.29) is 11.3 Å². The molecule has 0 aliphatic carbocycles. The van der Waals surface area contributed by atoms with E-state index in [1.54, 1.807) is 12.1 Å². The molecule has 0 saturated carbocycles.